The molecule has 0 bridgehead atoms. The summed E-state index contributed by atoms with van der Waals surface area (Å²) in [6.07, 6.45) is 2.85. The maximum absolute atomic E-state index is 12.2. The SMILES string of the molecule is Cc1coc2ccc(C(=O)N/N=C/c3ccc([N+](=O)[O-])cc3)c(O)c12. The van der Waals surface area contributed by atoms with Gasteiger partial charge >= 0.3 is 0 Å². The number of hydrogen-bond acceptors (Lipinski definition) is 6. The lowest BCUT2D eigenvalue weighted by atomic mass is 10.1. The van der Waals surface area contributed by atoms with Crippen LogP contribution in [0.5, 0.6) is 5.75 Å². The molecule has 0 aliphatic carbocycles. The molecule has 0 unspecified atom stereocenters. The van der Waals surface area contributed by atoms with E-state index in [0.717, 1.165) is 5.56 Å². The summed E-state index contributed by atoms with van der Waals surface area (Å²) < 4.78 is 5.26. The number of nitrogens with one attached hydrogen (secondary N) is 1. The lowest BCUT2D eigenvalue weighted by molar-refractivity contribution is -0.384. The fourth-order valence-electron chi connectivity index (χ4n) is 2.35. The smallest absolute Gasteiger partial charge is 0.275 e. The van der Waals surface area contributed by atoms with Crippen LogP contribution in [0.25, 0.3) is 11.0 Å². The van der Waals surface area contributed by atoms with Gasteiger partial charge in [-0.25, -0.2) is 5.43 Å². The lowest BCUT2D eigenvalue weighted by Crippen LogP contribution is -2.17. The third-order valence-electron chi connectivity index (χ3n) is 3.62. The molecule has 0 radical (unpaired) electrons. The number of hydrazone groups is 1. The number of fused-ring (bicyclic) bond motifs is 1. The number of furan rings is 1. The highest BCUT2D eigenvalue weighted by Gasteiger charge is 2.16. The molecule has 1 heterocycles. The second kappa shape index (κ2) is 6.44. The molecular weight excluding hydrogens is 326 g/mol. The predicted molar refractivity (Wildman–Crippen MR) is 90.8 cm³/mol. The Kier molecular flexibility index (Phi) is 4.17. The molecule has 25 heavy (non-hydrogen) atoms. The molecule has 2 N–H and O–H groups in total. The number of rotatable bonds is 4. The number of nitro groups is 1. The summed E-state index contributed by atoms with van der Waals surface area (Å²) in [5.41, 5.74) is 4.13. The van der Waals surface area contributed by atoms with E-state index in [2.05, 4.69) is 10.5 Å². The third kappa shape index (κ3) is 3.18. The summed E-state index contributed by atoms with van der Waals surface area (Å²) in [6, 6.07) is 8.72. The van der Waals surface area contributed by atoms with Crippen LogP contribution in [0.2, 0.25) is 0 Å². The Hall–Kier alpha value is -3.68. The van der Waals surface area contributed by atoms with Crippen LogP contribution in [0, 0.1) is 17.0 Å². The Bertz CT molecular complexity index is 989. The van der Waals surface area contributed by atoms with Crippen LogP contribution in [0.1, 0.15) is 21.5 Å². The minimum Gasteiger partial charge on any atom is -0.506 e. The predicted octanol–water partition coefficient (Wildman–Crippen LogP) is 3.12. The number of carbonyl (C=O) groups excluding carboxylic acids is 1. The number of nitrogens with zero attached hydrogens (tertiary/aromatic N) is 2. The van der Waals surface area contributed by atoms with Gasteiger partial charge in [-0.15, -0.1) is 0 Å². The van der Waals surface area contributed by atoms with Gasteiger partial charge in [-0.1, -0.05) is 0 Å². The van der Waals surface area contributed by atoms with E-state index in [9.17, 15) is 20.0 Å². The highest BCUT2D eigenvalue weighted by atomic mass is 16.6. The molecular formula is C17H13N3O5. The molecule has 2 aromatic carbocycles. The molecule has 1 aromatic heterocycles. The van der Waals surface area contributed by atoms with Gasteiger partial charge in [-0.05, 0) is 42.3 Å². The summed E-state index contributed by atoms with van der Waals surface area (Å²) >= 11 is 0. The Morgan fingerprint density at radius 1 is 1.28 bits per heavy atom. The van der Waals surface area contributed by atoms with Crippen molar-refractivity contribution in [3.8, 4) is 5.75 Å². The van der Waals surface area contributed by atoms with E-state index in [4.69, 9.17) is 4.42 Å². The Morgan fingerprint density at radius 3 is 2.68 bits per heavy atom. The molecule has 0 aliphatic heterocycles. The molecule has 0 saturated heterocycles. The Labute approximate surface area is 141 Å². The zero-order valence-corrected chi connectivity index (χ0v) is 13.1. The average molecular weight is 339 g/mol. The number of aromatic hydroxyl groups is 1. The molecule has 8 heteroatoms. The molecule has 0 fully saturated rings. The molecule has 8 nitrogen and oxygen atoms in total. The van der Waals surface area contributed by atoms with E-state index in [0.29, 0.717) is 16.5 Å². The van der Waals surface area contributed by atoms with Crippen molar-refractivity contribution in [1.29, 1.82) is 0 Å². The highest BCUT2D eigenvalue weighted by molar-refractivity contribution is 6.03. The van der Waals surface area contributed by atoms with Crippen molar-refractivity contribution in [3.05, 3.63) is 69.5 Å². The van der Waals surface area contributed by atoms with Crippen molar-refractivity contribution < 1.29 is 19.2 Å². The van der Waals surface area contributed by atoms with E-state index in [1.807, 2.05) is 0 Å². The molecule has 126 valence electrons. The van der Waals surface area contributed by atoms with Crippen molar-refractivity contribution in [2.75, 3.05) is 0 Å². The quantitative estimate of drug-likeness (QED) is 0.430. The van der Waals surface area contributed by atoms with Gasteiger partial charge in [0.25, 0.3) is 11.6 Å². The summed E-state index contributed by atoms with van der Waals surface area (Å²) in [5, 5.41) is 25.1. The first-order chi connectivity index (χ1) is 12.0. The first-order valence-electron chi connectivity index (χ1n) is 7.25. The van der Waals surface area contributed by atoms with Crippen molar-refractivity contribution >= 4 is 28.8 Å². The van der Waals surface area contributed by atoms with Gasteiger partial charge in [0.15, 0.2) is 0 Å². The summed E-state index contributed by atoms with van der Waals surface area (Å²) in [4.78, 5) is 22.3. The molecule has 1 amide bonds. The number of hydrogen-bond donors (Lipinski definition) is 2. The highest BCUT2D eigenvalue weighted by Crippen LogP contribution is 2.32. The number of carbonyl (C=O) groups is 1. The summed E-state index contributed by atoms with van der Waals surface area (Å²) in [7, 11) is 0. The van der Waals surface area contributed by atoms with Gasteiger partial charge in [0.1, 0.15) is 11.3 Å². The first-order valence-corrected chi connectivity index (χ1v) is 7.25. The van der Waals surface area contributed by atoms with Crippen molar-refractivity contribution in [1.82, 2.24) is 5.43 Å². The largest absolute Gasteiger partial charge is 0.506 e. The molecule has 0 atom stereocenters. The van der Waals surface area contributed by atoms with E-state index in [1.54, 1.807) is 13.0 Å². The van der Waals surface area contributed by atoms with E-state index in [1.165, 1.54) is 42.8 Å². The number of phenols is 1. The third-order valence-corrected chi connectivity index (χ3v) is 3.62. The molecule has 3 rings (SSSR count). The minimum atomic E-state index is -0.585. The molecule has 3 aromatic rings. The van der Waals surface area contributed by atoms with Gasteiger partial charge in [-0.3, -0.25) is 14.9 Å². The zero-order valence-electron chi connectivity index (χ0n) is 13.1. The van der Waals surface area contributed by atoms with Gasteiger partial charge in [0, 0.05) is 12.1 Å². The van der Waals surface area contributed by atoms with Crippen LogP contribution < -0.4 is 5.43 Å². The maximum Gasteiger partial charge on any atom is 0.275 e. The van der Waals surface area contributed by atoms with Crippen LogP contribution in [0.4, 0.5) is 5.69 Å². The van der Waals surface area contributed by atoms with E-state index >= 15 is 0 Å². The first kappa shape index (κ1) is 16.2. The molecule has 0 saturated carbocycles. The van der Waals surface area contributed by atoms with Crippen LogP contribution >= 0.6 is 0 Å². The van der Waals surface area contributed by atoms with Gasteiger partial charge in [-0.2, -0.15) is 5.10 Å². The van der Waals surface area contributed by atoms with Crippen molar-refractivity contribution in [2.45, 2.75) is 6.92 Å². The normalized spacial score (nSPS) is 11.1. The van der Waals surface area contributed by atoms with Crippen molar-refractivity contribution in [3.63, 3.8) is 0 Å². The van der Waals surface area contributed by atoms with Gasteiger partial charge in [0.2, 0.25) is 0 Å². The second-order valence-corrected chi connectivity index (χ2v) is 5.30. The number of amides is 1. The summed E-state index contributed by atoms with van der Waals surface area (Å²) in [6.45, 7) is 1.76. The number of phenolic OH excluding ortho intramolecular Hbond substituents is 1. The van der Waals surface area contributed by atoms with Gasteiger partial charge < -0.3 is 9.52 Å². The number of aryl methyl sites for hydroxylation is 1. The lowest BCUT2D eigenvalue weighted by Gasteiger charge is -2.04. The number of non-ortho nitro benzene ring substituents is 1. The van der Waals surface area contributed by atoms with Crippen LogP contribution in [0.15, 0.2) is 52.2 Å². The topological polar surface area (TPSA) is 118 Å². The fourth-order valence-corrected chi connectivity index (χ4v) is 2.35. The van der Waals surface area contributed by atoms with Crippen LogP contribution in [-0.4, -0.2) is 22.2 Å². The van der Waals surface area contributed by atoms with E-state index < -0.39 is 10.8 Å². The van der Waals surface area contributed by atoms with Gasteiger partial charge in [0.05, 0.1) is 28.4 Å². The number of benzene rings is 2. The standard InChI is InChI=1S/C17H13N3O5/c1-10-9-25-14-7-6-13(16(21)15(10)14)17(22)19-18-8-11-2-4-12(5-3-11)20(23)24/h2-9,21H,1H3,(H,19,22)/b18-8+. The Morgan fingerprint density at radius 2 is 2.00 bits per heavy atom. The fraction of sp³-hybridized carbons (Fsp3) is 0.0588. The minimum absolute atomic E-state index is 0.0325. The molecule has 0 aliphatic rings. The zero-order chi connectivity index (χ0) is 18.0. The Balaban J connectivity index is 1.75. The van der Waals surface area contributed by atoms with Crippen LogP contribution in [-0.2, 0) is 0 Å². The second-order valence-electron chi connectivity index (χ2n) is 5.30. The average Bonchev–Trinajstić information content (AvgIpc) is 2.97. The molecule has 0 spiro atoms. The maximum atomic E-state index is 12.2. The van der Waals surface area contributed by atoms with Crippen LogP contribution in [0.3, 0.4) is 0 Å². The summed E-state index contributed by atoms with van der Waals surface area (Å²) in [5.74, 6) is -0.759. The van der Waals surface area contributed by atoms with E-state index in [-0.39, 0.29) is 17.0 Å². The van der Waals surface area contributed by atoms with Crippen molar-refractivity contribution in [2.24, 2.45) is 5.10 Å². The monoisotopic (exact) mass is 339 g/mol. The number of nitro benzene ring substituents is 1.